The Morgan fingerprint density at radius 1 is 1.09 bits per heavy atom. The number of hydrogen-bond donors (Lipinski definition) is 3. The van der Waals surface area contributed by atoms with Crippen molar-refractivity contribution in [3.05, 3.63) is 52.6 Å². The molecule has 4 rings (SSSR count). The number of azo groups is 1. The summed E-state index contributed by atoms with van der Waals surface area (Å²) in [5, 5.41) is 12.6. The van der Waals surface area contributed by atoms with E-state index in [1.54, 1.807) is 12.1 Å². The van der Waals surface area contributed by atoms with Gasteiger partial charge < -0.3 is 11.5 Å². The van der Waals surface area contributed by atoms with E-state index in [2.05, 4.69) is 20.2 Å². The number of benzene rings is 2. The summed E-state index contributed by atoms with van der Waals surface area (Å²) in [6.45, 7) is -0.126. The van der Waals surface area contributed by atoms with Crippen molar-refractivity contribution in [1.29, 1.82) is 0 Å². The molecule has 1 unspecified atom stereocenters. The summed E-state index contributed by atoms with van der Waals surface area (Å²) >= 11 is 0. The molecule has 0 aromatic heterocycles. The number of amidine groups is 1. The summed E-state index contributed by atoms with van der Waals surface area (Å²) in [5.41, 5.74) is 11.8. The first-order valence-corrected chi connectivity index (χ1v) is 10.9. The van der Waals surface area contributed by atoms with Crippen LogP contribution in [0.25, 0.3) is 11.1 Å². The molecule has 0 saturated heterocycles. The van der Waals surface area contributed by atoms with Crippen molar-refractivity contribution in [2.45, 2.75) is 30.0 Å². The van der Waals surface area contributed by atoms with Crippen LogP contribution in [0, 0.1) is 0 Å². The van der Waals surface area contributed by atoms with Crippen molar-refractivity contribution in [2.24, 2.45) is 36.8 Å². The Morgan fingerprint density at radius 2 is 1.81 bits per heavy atom. The molecule has 0 saturated carbocycles. The number of halogens is 3. The molecule has 6 N–H and O–H groups in total. The number of rotatable bonds is 4. The molecule has 0 radical (unpaired) electrons. The van der Waals surface area contributed by atoms with Crippen LogP contribution >= 0.6 is 0 Å². The van der Waals surface area contributed by atoms with Crippen molar-refractivity contribution in [1.82, 2.24) is 0 Å². The van der Waals surface area contributed by atoms with Gasteiger partial charge >= 0.3 is 6.18 Å². The maximum absolute atomic E-state index is 13.7. The Morgan fingerprint density at radius 3 is 2.41 bits per heavy atom. The molecule has 1 aliphatic heterocycles. The van der Waals surface area contributed by atoms with Crippen molar-refractivity contribution in [3.63, 3.8) is 0 Å². The smallest absolute Gasteiger partial charge is 0.370 e. The van der Waals surface area contributed by atoms with Crippen LogP contribution in [0.15, 0.2) is 55.4 Å². The Bertz CT molecular complexity index is 1300. The predicted molar refractivity (Wildman–Crippen MR) is 112 cm³/mol. The minimum Gasteiger partial charge on any atom is -0.370 e. The van der Waals surface area contributed by atoms with Crippen LogP contribution in [0.3, 0.4) is 0 Å². The van der Waals surface area contributed by atoms with Crippen molar-refractivity contribution in [2.75, 3.05) is 6.67 Å². The topological polar surface area (TPSA) is 162 Å². The van der Waals surface area contributed by atoms with Crippen LogP contribution in [0.4, 0.5) is 13.2 Å². The van der Waals surface area contributed by atoms with E-state index >= 15 is 0 Å². The minimum absolute atomic E-state index is 0.0320. The number of nitrogens with two attached hydrogens (primary N) is 3. The lowest BCUT2D eigenvalue weighted by Crippen LogP contribution is -2.25. The van der Waals surface area contributed by atoms with Gasteiger partial charge in [-0.05, 0) is 41.2 Å². The molecule has 2 aliphatic rings. The fraction of sp³-hybridized carbons (Fsp3) is 0.263. The second kappa shape index (κ2) is 7.67. The monoisotopic (exact) mass is 465 g/mol. The Labute approximate surface area is 181 Å². The van der Waals surface area contributed by atoms with Crippen LogP contribution in [0.5, 0.6) is 0 Å². The summed E-state index contributed by atoms with van der Waals surface area (Å²) in [4.78, 5) is 7.04. The third-order valence-electron chi connectivity index (χ3n) is 5.18. The summed E-state index contributed by atoms with van der Waals surface area (Å²) in [6.07, 6.45) is -3.83. The zero-order chi connectivity index (χ0) is 23.3. The van der Waals surface area contributed by atoms with Gasteiger partial charge in [0.1, 0.15) is 4.90 Å². The number of aliphatic imine (C=N–C) groups is 2. The summed E-state index contributed by atoms with van der Waals surface area (Å²) in [7, 11) is -4.80. The molecule has 2 aromatic rings. The van der Waals surface area contributed by atoms with Gasteiger partial charge in [0.2, 0.25) is 10.0 Å². The Kier molecular flexibility index (Phi) is 5.25. The fourth-order valence-electron chi connectivity index (χ4n) is 3.99. The minimum atomic E-state index is -4.96. The summed E-state index contributed by atoms with van der Waals surface area (Å²) in [6, 6.07) is 6.99. The van der Waals surface area contributed by atoms with Gasteiger partial charge in [0, 0.05) is 5.56 Å². The number of alkyl halides is 3. The highest BCUT2D eigenvalue weighted by molar-refractivity contribution is 7.89. The van der Waals surface area contributed by atoms with Gasteiger partial charge in [-0.15, -0.1) is 5.11 Å². The van der Waals surface area contributed by atoms with E-state index in [9.17, 15) is 21.6 Å². The molecule has 2 aromatic carbocycles. The molecule has 1 aliphatic carbocycles. The second-order valence-corrected chi connectivity index (χ2v) is 8.87. The number of hydrogen-bond acceptors (Lipinski definition) is 6. The van der Waals surface area contributed by atoms with Gasteiger partial charge in [-0.1, -0.05) is 24.3 Å². The number of guanidine groups is 1. The van der Waals surface area contributed by atoms with Gasteiger partial charge in [0.25, 0.3) is 0 Å². The number of sulfonamides is 1. The molecular weight excluding hydrogens is 447 g/mol. The molecule has 1 atom stereocenters. The molecule has 168 valence electrons. The van der Waals surface area contributed by atoms with Crippen LogP contribution < -0.4 is 16.6 Å². The maximum atomic E-state index is 13.7. The number of nitrogens with zero attached hydrogens (tertiary/aromatic N) is 4. The molecule has 9 nitrogen and oxygen atoms in total. The highest BCUT2D eigenvalue weighted by Gasteiger charge is 2.40. The van der Waals surface area contributed by atoms with Crippen LogP contribution in [-0.4, -0.2) is 32.9 Å². The highest BCUT2D eigenvalue weighted by atomic mass is 32.2. The SMILES string of the molecule is NC(N)=NC1Cc2ccc(-c3ccc(C(F)(F)F)c(S(N)(=O)=O)c3C3=NCN=N3)cc2C1. The Balaban J connectivity index is 1.94. The highest BCUT2D eigenvalue weighted by Crippen LogP contribution is 2.41. The fourth-order valence-corrected chi connectivity index (χ4v) is 4.96. The lowest BCUT2D eigenvalue weighted by atomic mass is 9.94. The second-order valence-electron chi connectivity index (χ2n) is 7.37. The zero-order valence-electron chi connectivity index (χ0n) is 16.5. The van der Waals surface area contributed by atoms with Gasteiger partial charge in [-0.25, -0.2) is 23.5 Å². The zero-order valence-corrected chi connectivity index (χ0v) is 17.3. The van der Waals surface area contributed by atoms with E-state index in [1.165, 1.54) is 6.07 Å². The van der Waals surface area contributed by atoms with Crippen molar-refractivity contribution in [3.8, 4) is 11.1 Å². The lowest BCUT2D eigenvalue weighted by molar-refractivity contribution is -0.139. The Hall–Kier alpha value is -3.32. The van der Waals surface area contributed by atoms with E-state index in [4.69, 9.17) is 16.6 Å². The molecule has 32 heavy (non-hydrogen) atoms. The third kappa shape index (κ3) is 4.08. The number of fused-ring (bicyclic) bond motifs is 1. The van der Waals surface area contributed by atoms with Crippen molar-refractivity contribution >= 4 is 21.8 Å². The van der Waals surface area contributed by atoms with E-state index in [1.807, 2.05) is 6.07 Å². The first-order valence-electron chi connectivity index (χ1n) is 9.35. The van der Waals surface area contributed by atoms with Crippen LogP contribution in [0.1, 0.15) is 22.3 Å². The molecule has 0 bridgehead atoms. The first kappa shape index (κ1) is 21.9. The molecule has 0 fully saturated rings. The molecule has 0 amide bonds. The predicted octanol–water partition coefficient (Wildman–Crippen LogP) is 1.93. The van der Waals surface area contributed by atoms with Gasteiger partial charge in [-0.2, -0.15) is 18.3 Å². The van der Waals surface area contributed by atoms with E-state index in [-0.39, 0.29) is 35.6 Å². The van der Waals surface area contributed by atoms with Gasteiger partial charge in [-0.3, -0.25) is 0 Å². The van der Waals surface area contributed by atoms with E-state index in [0.29, 0.717) is 24.5 Å². The van der Waals surface area contributed by atoms with E-state index in [0.717, 1.165) is 11.1 Å². The average Bonchev–Trinajstić information content (AvgIpc) is 3.33. The van der Waals surface area contributed by atoms with Crippen LogP contribution in [0.2, 0.25) is 0 Å². The van der Waals surface area contributed by atoms with Gasteiger partial charge in [0.15, 0.2) is 18.5 Å². The summed E-state index contributed by atoms with van der Waals surface area (Å²) < 4.78 is 65.6. The average molecular weight is 465 g/mol. The molecule has 13 heteroatoms. The largest absolute Gasteiger partial charge is 0.417 e. The third-order valence-corrected chi connectivity index (χ3v) is 6.17. The summed E-state index contributed by atoms with van der Waals surface area (Å²) in [5.74, 6) is -0.260. The number of primary sulfonamides is 1. The standard InChI is InChI=1S/C19H18F3N7O2S/c20-19(21,22)14-4-3-13(15(16(14)32(25,30)31)17-26-8-27-29-17)10-2-1-9-6-12(28-18(23)24)7-11(9)5-10/h1-5,12H,6-8H2,(H4,23,24,28)(H2,25,30,31). The molecular formula is C19H18F3N7O2S. The first-order chi connectivity index (χ1) is 14.9. The quantitative estimate of drug-likeness (QED) is 0.465. The molecule has 0 spiro atoms. The van der Waals surface area contributed by atoms with E-state index < -0.39 is 26.7 Å². The van der Waals surface area contributed by atoms with Crippen molar-refractivity contribution < 1.29 is 21.6 Å². The lowest BCUT2D eigenvalue weighted by Gasteiger charge is -2.18. The van der Waals surface area contributed by atoms with Crippen LogP contribution in [-0.2, 0) is 29.0 Å². The normalized spacial score (nSPS) is 17.9. The van der Waals surface area contributed by atoms with Gasteiger partial charge in [0.05, 0.1) is 11.6 Å². The molecule has 1 heterocycles. The maximum Gasteiger partial charge on any atom is 0.417 e.